The Kier molecular flexibility index (Phi) is 16.2. The van der Waals surface area contributed by atoms with E-state index in [9.17, 15) is 5.11 Å². The fourth-order valence-corrected chi connectivity index (χ4v) is 5.36. The van der Waals surface area contributed by atoms with Gasteiger partial charge in [-0.05, 0) is 48.8 Å². The second-order valence-corrected chi connectivity index (χ2v) is 11.0. The molecule has 0 spiro atoms. The SMILES string of the molecule is CCCCCCC=CCCCCCCCCOC[C@@H](O)COC(c1ccccc1)(c1ccccc1)c1ccccc1. The van der Waals surface area contributed by atoms with E-state index in [2.05, 4.69) is 55.5 Å². The van der Waals surface area contributed by atoms with Gasteiger partial charge in [-0.1, -0.05) is 155 Å². The highest BCUT2D eigenvalue weighted by Gasteiger charge is 2.38. The molecule has 0 bridgehead atoms. The van der Waals surface area contributed by atoms with Crippen LogP contribution in [0.4, 0.5) is 0 Å². The Bertz CT molecular complexity index is 952. The van der Waals surface area contributed by atoms with Crippen molar-refractivity contribution in [1.29, 1.82) is 0 Å². The zero-order valence-electron chi connectivity index (χ0n) is 25.3. The van der Waals surface area contributed by atoms with Crippen LogP contribution in [-0.4, -0.2) is 31.0 Å². The van der Waals surface area contributed by atoms with Crippen molar-refractivity contribution in [3.8, 4) is 0 Å². The number of allylic oxidation sites excluding steroid dienone is 2. The summed E-state index contributed by atoms with van der Waals surface area (Å²) >= 11 is 0. The van der Waals surface area contributed by atoms with Crippen LogP contribution in [0.1, 0.15) is 101 Å². The third-order valence-electron chi connectivity index (χ3n) is 7.64. The molecule has 3 aromatic carbocycles. The van der Waals surface area contributed by atoms with E-state index in [0.29, 0.717) is 6.61 Å². The van der Waals surface area contributed by atoms with Crippen molar-refractivity contribution in [3.05, 3.63) is 120 Å². The first-order chi connectivity index (χ1) is 20.3. The van der Waals surface area contributed by atoms with Gasteiger partial charge in [0.1, 0.15) is 11.7 Å². The highest BCUT2D eigenvalue weighted by atomic mass is 16.5. The first-order valence-electron chi connectivity index (χ1n) is 16.0. The molecule has 0 fully saturated rings. The Balaban J connectivity index is 1.38. The zero-order valence-corrected chi connectivity index (χ0v) is 25.3. The van der Waals surface area contributed by atoms with Crippen LogP contribution in [0.3, 0.4) is 0 Å². The number of aliphatic hydroxyl groups excluding tert-OH is 1. The minimum absolute atomic E-state index is 0.172. The lowest BCUT2D eigenvalue weighted by Gasteiger charge is -2.36. The van der Waals surface area contributed by atoms with Gasteiger partial charge in [0, 0.05) is 6.61 Å². The van der Waals surface area contributed by atoms with Gasteiger partial charge in [-0.25, -0.2) is 0 Å². The van der Waals surface area contributed by atoms with Crippen molar-refractivity contribution >= 4 is 0 Å². The predicted octanol–water partition coefficient (Wildman–Crippen LogP) is 9.63. The molecule has 0 radical (unpaired) electrons. The largest absolute Gasteiger partial charge is 0.388 e. The molecular formula is C38H52O3. The summed E-state index contributed by atoms with van der Waals surface area (Å²) in [5.41, 5.74) is 2.27. The maximum absolute atomic E-state index is 10.8. The van der Waals surface area contributed by atoms with Crippen molar-refractivity contribution < 1.29 is 14.6 Å². The minimum Gasteiger partial charge on any atom is -0.388 e. The smallest absolute Gasteiger partial charge is 0.143 e. The molecule has 1 N–H and O–H groups in total. The summed E-state index contributed by atoms with van der Waals surface area (Å²) in [6, 6.07) is 30.8. The van der Waals surface area contributed by atoms with Gasteiger partial charge in [0.05, 0.1) is 13.2 Å². The molecule has 3 nitrogen and oxygen atoms in total. The Morgan fingerprint density at radius 2 is 1.02 bits per heavy atom. The van der Waals surface area contributed by atoms with Gasteiger partial charge >= 0.3 is 0 Å². The van der Waals surface area contributed by atoms with Crippen LogP contribution in [0.2, 0.25) is 0 Å². The molecule has 0 aliphatic rings. The van der Waals surface area contributed by atoms with Crippen LogP contribution in [0.5, 0.6) is 0 Å². The predicted molar refractivity (Wildman–Crippen MR) is 172 cm³/mol. The number of hydrogen-bond acceptors (Lipinski definition) is 3. The third-order valence-corrected chi connectivity index (χ3v) is 7.64. The van der Waals surface area contributed by atoms with Crippen molar-refractivity contribution in [2.45, 2.75) is 95.7 Å². The van der Waals surface area contributed by atoms with Crippen molar-refractivity contribution in [2.75, 3.05) is 19.8 Å². The molecule has 0 saturated carbocycles. The molecule has 3 heteroatoms. The third kappa shape index (κ3) is 11.6. The highest BCUT2D eigenvalue weighted by Crippen LogP contribution is 2.40. The first kappa shape index (κ1) is 32.8. The Labute approximate surface area is 249 Å². The second kappa shape index (κ2) is 20.2. The minimum atomic E-state index is -0.824. The number of hydrogen-bond donors (Lipinski definition) is 1. The lowest BCUT2D eigenvalue weighted by atomic mass is 9.80. The average molecular weight is 557 g/mol. The molecule has 41 heavy (non-hydrogen) atoms. The number of benzene rings is 3. The number of aliphatic hydroxyl groups is 1. The second-order valence-electron chi connectivity index (χ2n) is 11.0. The van der Waals surface area contributed by atoms with E-state index in [4.69, 9.17) is 9.47 Å². The maximum atomic E-state index is 10.8. The molecule has 0 aromatic heterocycles. The van der Waals surface area contributed by atoms with Crippen LogP contribution >= 0.6 is 0 Å². The van der Waals surface area contributed by atoms with Gasteiger partial charge in [-0.2, -0.15) is 0 Å². The fourth-order valence-electron chi connectivity index (χ4n) is 5.36. The Morgan fingerprint density at radius 1 is 0.585 bits per heavy atom. The number of rotatable bonds is 22. The van der Waals surface area contributed by atoms with Crippen molar-refractivity contribution in [3.63, 3.8) is 0 Å². The molecule has 222 valence electrons. The molecule has 0 aliphatic carbocycles. The summed E-state index contributed by atoms with van der Waals surface area (Å²) in [6.07, 6.45) is 19.3. The molecule has 3 rings (SSSR count). The monoisotopic (exact) mass is 556 g/mol. The summed E-state index contributed by atoms with van der Waals surface area (Å²) < 4.78 is 12.5. The van der Waals surface area contributed by atoms with Gasteiger partial charge in [-0.15, -0.1) is 0 Å². The van der Waals surface area contributed by atoms with E-state index in [0.717, 1.165) is 23.1 Å². The van der Waals surface area contributed by atoms with Gasteiger partial charge in [0.2, 0.25) is 0 Å². The summed E-state index contributed by atoms with van der Waals surface area (Å²) in [4.78, 5) is 0. The maximum Gasteiger partial charge on any atom is 0.143 e. The molecule has 0 unspecified atom stereocenters. The van der Waals surface area contributed by atoms with Crippen LogP contribution < -0.4 is 0 Å². The van der Waals surface area contributed by atoms with E-state index in [1.807, 2.05) is 54.6 Å². The number of unbranched alkanes of at least 4 members (excludes halogenated alkanes) is 10. The molecule has 1 atom stereocenters. The quantitative estimate of drug-likeness (QED) is 0.0760. The van der Waals surface area contributed by atoms with E-state index in [1.54, 1.807) is 0 Å². The highest BCUT2D eigenvalue weighted by molar-refractivity contribution is 5.47. The van der Waals surface area contributed by atoms with Gasteiger partial charge in [0.25, 0.3) is 0 Å². The van der Waals surface area contributed by atoms with Gasteiger partial charge in [0.15, 0.2) is 0 Å². The zero-order chi connectivity index (χ0) is 28.9. The van der Waals surface area contributed by atoms with Crippen molar-refractivity contribution in [1.82, 2.24) is 0 Å². The number of ether oxygens (including phenoxy) is 2. The molecular weight excluding hydrogens is 504 g/mol. The topological polar surface area (TPSA) is 38.7 Å². The van der Waals surface area contributed by atoms with Crippen LogP contribution in [0.15, 0.2) is 103 Å². The fraction of sp³-hybridized carbons (Fsp3) is 0.474. The summed E-state index contributed by atoms with van der Waals surface area (Å²) in [5.74, 6) is 0. The standard InChI is InChI=1S/C38H52O3/c1-2-3-4-5-6-7-8-9-10-11-12-13-14-24-31-40-32-37(39)33-41-38(34-25-18-15-19-26-34,35-27-20-16-21-28-35)36-29-22-17-23-30-36/h7-8,15-23,25-30,37,39H,2-6,9-14,24,31-33H2,1H3/t37-/m1/s1. The molecule has 0 aliphatic heterocycles. The average Bonchev–Trinajstić information content (AvgIpc) is 3.03. The van der Waals surface area contributed by atoms with Gasteiger partial charge in [-0.3, -0.25) is 0 Å². The molecule has 3 aromatic rings. The van der Waals surface area contributed by atoms with E-state index < -0.39 is 11.7 Å². The molecule has 0 heterocycles. The summed E-state index contributed by atoms with van der Waals surface area (Å²) in [6.45, 7) is 3.39. The summed E-state index contributed by atoms with van der Waals surface area (Å²) in [5, 5.41) is 10.8. The lowest BCUT2D eigenvalue weighted by Crippen LogP contribution is -2.36. The normalized spacial score (nSPS) is 12.6. The van der Waals surface area contributed by atoms with Crippen LogP contribution in [0.25, 0.3) is 0 Å². The summed E-state index contributed by atoms with van der Waals surface area (Å²) in [7, 11) is 0. The Hall–Kier alpha value is -2.72. The lowest BCUT2D eigenvalue weighted by molar-refractivity contribution is -0.0641. The Morgan fingerprint density at radius 3 is 1.51 bits per heavy atom. The first-order valence-corrected chi connectivity index (χ1v) is 16.0. The van der Waals surface area contributed by atoms with Gasteiger partial charge < -0.3 is 14.6 Å². The van der Waals surface area contributed by atoms with E-state index >= 15 is 0 Å². The molecule has 0 amide bonds. The van der Waals surface area contributed by atoms with E-state index in [1.165, 1.54) is 70.6 Å². The van der Waals surface area contributed by atoms with Crippen LogP contribution in [-0.2, 0) is 15.1 Å². The van der Waals surface area contributed by atoms with Crippen molar-refractivity contribution in [2.24, 2.45) is 0 Å². The van der Waals surface area contributed by atoms with E-state index in [-0.39, 0.29) is 13.2 Å². The van der Waals surface area contributed by atoms with Crippen LogP contribution in [0, 0.1) is 0 Å². The molecule has 0 saturated heterocycles.